The molecule has 0 saturated carbocycles. The lowest BCUT2D eigenvalue weighted by atomic mass is 10.2. The van der Waals surface area contributed by atoms with Crippen LogP contribution in [0.3, 0.4) is 0 Å². The van der Waals surface area contributed by atoms with Crippen molar-refractivity contribution in [3.05, 3.63) is 29.6 Å². The first-order chi connectivity index (χ1) is 8.98. The Kier molecular flexibility index (Phi) is 3.71. The van der Waals surface area contributed by atoms with Crippen LogP contribution in [0, 0.1) is 11.3 Å². The van der Waals surface area contributed by atoms with Crippen LogP contribution in [0.25, 0.3) is 11.0 Å². The van der Waals surface area contributed by atoms with Gasteiger partial charge in [-0.05, 0) is 18.2 Å². The van der Waals surface area contributed by atoms with Crippen molar-refractivity contribution in [2.45, 2.75) is 12.6 Å². The van der Waals surface area contributed by atoms with Crippen molar-refractivity contribution in [2.75, 3.05) is 13.2 Å². The molecule has 1 aromatic heterocycles. The molecule has 2 aromatic rings. The highest BCUT2D eigenvalue weighted by atomic mass is 19.4. The first kappa shape index (κ1) is 13.4. The zero-order valence-electron chi connectivity index (χ0n) is 9.79. The Labute approximate surface area is 106 Å². The van der Waals surface area contributed by atoms with Gasteiger partial charge in [0, 0.05) is 6.42 Å². The van der Waals surface area contributed by atoms with Crippen LogP contribution in [0.4, 0.5) is 13.2 Å². The van der Waals surface area contributed by atoms with Crippen molar-refractivity contribution in [1.29, 1.82) is 5.26 Å². The number of ether oxygens (including phenoxy) is 1. The van der Waals surface area contributed by atoms with E-state index in [1.807, 2.05) is 6.07 Å². The number of H-pyrrole nitrogens is 1. The quantitative estimate of drug-likeness (QED) is 0.868. The summed E-state index contributed by atoms with van der Waals surface area (Å²) in [4.78, 5) is 7.14. The Morgan fingerprint density at radius 3 is 2.84 bits per heavy atom. The number of halogens is 3. The van der Waals surface area contributed by atoms with E-state index in [-0.39, 0.29) is 13.0 Å². The normalized spacial score (nSPS) is 11.7. The number of aromatic amines is 1. The molecule has 0 amide bonds. The number of rotatable bonds is 4. The summed E-state index contributed by atoms with van der Waals surface area (Å²) in [6.45, 7) is -1.32. The molecule has 0 aliphatic heterocycles. The molecule has 0 aliphatic carbocycles. The summed E-state index contributed by atoms with van der Waals surface area (Å²) in [7, 11) is 0. The predicted molar refractivity (Wildman–Crippen MR) is 61.4 cm³/mol. The maximum Gasteiger partial charge on any atom is 0.411 e. The number of fused-ring (bicyclic) bond motifs is 1. The molecule has 0 unspecified atom stereocenters. The van der Waals surface area contributed by atoms with Gasteiger partial charge in [-0.3, -0.25) is 0 Å². The number of hydrogen-bond acceptors (Lipinski definition) is 3. The van der Waals surface area contributed by atoms with Gasteiger partial charge in [0.05, 0.1) is 29.3 Å². The minimum Gasteiger partial charge on any atom is -0.372 e. The van der Waals surface area contributed by atoms with Crippen molar-refractivity contribution < 1.29 is 17.9 Å². The average Bonchev–Trinajstić information content (AvgIpc) is 2.75. The Balaban J connectivity index is 1.96. The zero-order valence-corrected chi connectivity index (χ0v) is 9.79. The highest BCUT2D eigenvalue weighted by molar-refractivity contribution is 5.76. The van der Waals surface area contributed by atoms with Crippen molar-refractivity contribution in [3.8, 4) is 6.07 Å². The van der Waals surface area contributed by atoms with Gasteiger partial charge in [0.2, 0.25) is 0 Å². The highest BCUT2D eigenvalue weighted by Gasteiger charge is 2.27. The summed E-state index contributed by atoms with van der Waals surface area (Å²) in [6.07, 6.45) is -4.05. The van der Waals surface area contributed by atoms with Gasteiger partial charge in [-0.25, -0.2) is 4.98 Å². The fourth-order valence-corrected chi connectivity index (χ4v) is 1.61. The minimum atomic E-state index is -4.31. The van der Waals surface area contributed by atoms with Crippen LogP contribution in [-0.2, 0) is 11.2 Å². The number of nitrogens with one attached hydrogen (secondary N) is 1. The van der Waals surface area contributed by atoms with Crippen LogP contribution < -0.4 is 0 Å². The van der Waals surface area contributed by atoms with Crippen LogP contribution in [0.15, 0.2) is 18.2 Å². The van der Waals surface area contributed by atoms with Crippen LogP contribution in [0.5, 0.6) is 0 Å². The van der Waals surface area contributed by atoms with Gasteiger partial charge in [0.25, 0.3) is 0 Å². The number of hydrogen-bond donors (Lipinski definition) is 1. The van der Waals surface area contributed by atoms with Crippen molar-refractivity contribution in [3.63, 3.8) is 0 Å². The standard InChI is InChI=1S/C12H10F3N3O/c13-12(14,15)7-19-4-3-11-17-9-2-1-8(6-16)5-10(9)18-11/h1-2,5H,3-4,7H2,(H,17,18). The third-order valence-electron chi connectivity index (χ3n) is 2.41. The molecule has 19 heavy (non-hydrogen) atoms. The van der Waals surface area contributed by atoms with Crippen LogP contribution in [-0.4, -0.2) is 29.4 Å². The van der Waals surface area contributed by atoms with E-state index in [0.29, 0.717) is 22.4 Å². The second kappa shape index (κ2) is 5.28. The number of aromatic nitrogens is 2. The van der Waals surface area contributed by atoms with Crippen molar-refractivity contribution >= 4 is 11.0 Å². The summed E-state index contributed by atoms with van der Waals surface area (Å²) in [5.41, 5.74) is 1.85. The maximum absolute atomic E-state index is 11.9. The van der Waals surface area contributed by atoms with Gasteiger partial charge in [0.15, 0.2) is 0 Å². The molecule has 0 spiro atoms. The molecule has 100 valence electrons. The topological polar surface area (TPSA) is 61.7 Å². The molecule has 0 aliphatic rings. The lowest BCUT2D eigenvalue weighted by molar-refractivity contribution is -0.173. The van der Waals surface area contributed by atoms with Gasteiger partial charge < -0.3 is 9.72 Å². The molecular weight excluding hydrogens is 259 g/mol. The summed E-state index contributed by atoms with van der Waals surface area (Å²) >= 11 is 0. The monoisotopic (exact) mass is 269 g/mol. The molecule has 0 bridgehead atoms. The maximum atomic E-state index is 11.9. The number of imidazole rings is 1. The van der Waals surface area contributed by atoms with E-state index < -0.39 is 12.8 Å². The third-order valence-corrected chi connectivity index (χ3v) is 2.41. The Morgan fingerprint density at radius 2 is 2.16 bits per heavy atom. The molecule has 1 aromatic carbocycles. The van der Waals surface area contributed by atoms with Gasteiger partial charge in [-0.1, -0.05) is 0 Å². The number of nitrogens with zero attached hydrogens (tertiary/aromatic N) is 2. The van der Waals surface area contributed by atoms with E-state index in [1.165, 1.54) is 0 Å². The van der Waals surface area contributed by atoms with Crippen LogP contribution >= 0.6 is 0 Å². The van der Waals surface area contributed by atoms with Gasteiger partial charge in [-0.15, -0.1) is 0 Å². The molecule has 4 nitrogen and oxygen atoms in total. The van der Waals surface area contributed by atoms with Crippen LogP contribution in [0.2, 0.25) is 0 Å². The minimum absolute atomic E-state index is 0.0650. The zero-order chi connectivity index (χ0) is 13.9. The molecule has 2 rings (SSSR count). The first-order valence-electron chi connectivity index (χ1n) is 5.51. The molecule has 0 atom stereocenters. The Morgan fingerprint density at radius 1 is 1.37 bits per heavy atom. The summed E-state index contributed by atoms with van der Waals surface area (Å²) in [5, 5.41) is 8.74. The van der Waals surface area contributed by atoms with Crippen LogP contribution in [0.1, 0.15) is 11.4 Å². The predicted octanol–water partition coefficient (Wildman–Crippen LogP) is 2.56. The largest absolute Gasteiger partial charge is 0.411 e. The third kappa shape index (κ3) is 3.69. The Hall–Kier alpha value is -2.07. The lowest BCUT2D eigenvalue weighted by Gasteiger charge is -2.06. The molecule has 0 saturated heterocycles. The molecule has 1 heterocycles. The fourth-order valence-electron chi connectivity index (χ4n) is 1.61. The van der Waals surface area contributed by atoms with E-state index in [9.17, 15) is 13.2 Å². The average molecular weight is 269 g/mol. The van der Waals surface area contributed by atoms with Gasteiger partial charge in [0.1, 0.15) is 12.4 Å². The highest BCUT2D eigenvalue weighted by Crippen LogP contribution is 2.15. The second-order valence-electron chi connectivity index (χ2n) is 3.94. The number of benzene rings is 1. The summed E-state index contributed by atoms with van der Waals surface area (Å²) in [6, 6.07) is 6.96. The van der Waals surface area contributed by atoms with Crippen molar-refractivity contribution in [2.24, 2.45) is 0 Å². The van der Waals surface area contributed by atoms with E-state index in [0.717, 1.165) is 0 Å². The second-order valence-corrected chi connectivity index (χ2v) is 3.94. The summed E-state index contributed by atoms with van der Waals surface area (Å²) in [5.74, 6) is 0.535. The summed E-state index contributed by atoms with van der Waals surface area (Å²) < 4.78 is 40.1. The lowest BCUT2D eigenvalue weighted by Crippen LogP contribution is -2.18. The number of alkyl halides is 3. The number of nitriles is 1. The smallest absolute Gasteiger partial charge is 0.372 e. The fraction of sp³-hybridized carbons (Fsp3) is 0.333. The molecule has 7 heteroatoms. The molecule has 1 N–H and O–H groups in total. The first-order valence-corrected chi connectivity index (χ1v) is 5.51. The van der Waals surface area contributed by atoms with E-state index in [4.69, 9.17) is 5.26 Å². The van der Waals surface area contributed by atoms with E-state index in [2.05, 4.69) is 14.7 Å². The van der Waals surface area contributed by atoms with Crippen molar-refractivity contribution in [1.82, 2.24) is 9.97 Å². The van der Waals surface area contributed by atoms with Gasteiger partial charge >= 0.3 is 6.18 Å². The van der Waals surface area contributed by atoms with E-state index >= 15 is 0 Å². The molecule has 0 radical (unpaired) electrons. The van der Waals surface area contributed by atoms with Gasteiger partial charge in [-0.2, -0.15) is 18.4 Å². The van der Waals surface area contributed by atoms with E-state index in [1.54, 1.807) is 18.2 Å². The molecular formula is C12H10F3N3O. The molecule has 0 fully saturated rings. The Bertz CT molecular complexity index is 613. The SMILES string of the molecule is N#Cc1ccc2nc(CCOCC(F)(F)F)[nH]c2c1.